The number of hydrogen-bond donors (Lipinski definition) is 1. The Morgan fingerprint density at radius 1 is 1.41 bits per heavy atom. The molecule has 1 N–H and O–H groups in total. The first-order valence-corrected chi connectivity index (χ1v) is 6.11. The lowest BCUT2D eigenvalue weighted by Crippen LogP contribution is -2.15. The van der Waals surface area contributed by atoms with Gasteiger partial charge in [0.15, 0.2) is 0 Å². The Labute approximate surface area is 102 Å². The predicted octanol–water partition coefficient (Wildman–Crippen LogP) is 4.05. The summed E-state index contributed by atoms with van der Waals surface area (Å²) in [4.78, 5) is 0. The van der Waals surface area contributed by atoms with Crippen molar-refractivity contribution in [3.63, 3.8) is 0 Å². The van der Waals surface area contributed by atoms with E-state index in [4.69, 9.17) is 4.42 Å². The molecular formula is C15H19NO. The molecule has 0 aliphatic heterocycles. The molecule has 90 valence electrons. The average molecular weight is 229 g/mol. The Balaban J connectivity index is 2.20. The van der Waals surface area contributed by atoms with Crippen LogP contribution in [0.1, 0.15) is 30.9 Å². The van der Waals surface area contributed by atoms with Gasteiger partial charge in [-0.1, -0.05) is 24.3 Å². The number of furan rings is 1. The number of unbranched alkanes of at least 4 members (excludes halogenated alkanes) is 1. The highest BCUT2D eigenvalue weighted by Gasteiger charge is 2.14. The minimum Gasteiger partial charge on any atom is -0.464 e. The molecule has 0 amide bonds. The quantitative estimate of drug-likeness (QED) is 0.597. The molecule has 0 aliphatic carbocycles. The summed E-state index contributed by atoms with van der Waals surface area (Å²) in [5.74, 6) is 0. The zero-order valence-corrected chi connectivity index (χ0v) is 10.3. The smallest absolute Gasteiger partial charge is 0.134 e. The van der Waals surface area contributed by atoms with E-state index in [1.807, 2.05) is 31.5 Å². The van der Waals surface area contributed by atoms with Gasteiger partial charge in [-0.2, -0.15) is 0 Å². The number of benzene rings is 1. The number of fused-ring (bicyclic) bond motifs is 1. The first-order valence-electron chi connectivity index (χ1n) is 6.11. The molecule has 1 aromatic heterocycles. The summed E-state index contributed by atoms with van der Waals surface area (Å²) >= 11 is 0. The minimum absolute atomic E-state index is 0.360. The van der Waals surface area contributed by atoms with Crippen molar-refractivity contribution in [2.75, 3.05) is 7.05 Å². The Kier molecular flexibility index (Phi) is 3.99. The second-order valence-electron chi connectivity index (χ2n) is 4.25. The average Bonchev–Trinajstić information content (AvgIpc) is 2.79. The molecule has 0 fully saturated rings. The molecule has 0 saturated heterocycles. The molecule has 1 aromatic carbocycles. The van der Waals surface area contributed by atoms with Crippen molar-refractivity contribution < 1.29 is 4.42 Å². The highest BCUT2D eigenvalue weighted by Crippen LogP contribution is 2.28. The topological polar surface area (TPSA) is 25.2 Å². The fraction of sp³-hybridized carbons (Fsp3) is 0.333. The van der Waals surface area contributed by atoms with Crippen molar-refractivity contribution in [3.05, 3.63) is 48.7 Å². The van der Waals surface area contributed by atoms with Crippen molar-refractivity contribution in [2.45, 2.75) is 25.3 Å². The Bertz CT molecular complexity index is 486. The maximum Gasteiger partial charge on any atom is 0.134 e. The van der Waals surface area contributed by atoms with Crippen LogP contribution < -0.4 is 5.32 Å². The van der Waals surface area contributed by atoms with E-state index in [0.717, 1.165) is 24.8 Å². The predicted molar refractivity (Wildman–Crippen MR) is 72.1 cm³/mol. The molecule has 0 radical (unpaired) electrons. The SMILES string of the molecule is C=CCCCC(NC)c1coc2ccccc12. The van der Waals surface area contributed by atoms with Crippen LogP contribution in [-0.4, -0.2) is 7.05 Å². The second-order valence-corrected chi connectivity index (χ2v) is 4.25. The maximum absolute atomic E-state index is 5.58. The van der Waals surface area contributed by atoms with Crippen molar-refractivity contribution in [1.82, 2.24) is 5.32 Å². The van der Waals surface area contributed by atoms with Gasteiger partial charge in [0.1, 0.15) is 5.58 Å². The van der Waals surface area contributed by atoms with Gasteiger partial charge in [-0.25, -0.2) is 0 Å². The van der Waals surface area contributed by atoms with Gasteiger partial charge in [-0.3, -0.25) is 0 Å². The van der Waals surface area contributed by atoms with Crippen LogP contribution in [0.3, 0.4) is 0 Å². The fourth-order valence-electron chi connectivity index (χ4n) is 2.19. The maximum atomic E-state index is 5.58. The molecule has 2 heteroatoms. The third-order valence-corrected chi connectivity index (χ3v) is 3.14. The van der Waals surface area contributed by atoms with Gasteiger partial charge in [0, 0.05) is 17.0 Å². The summed E-state index contributed by atoms with van der Waals surface area (Å²) < 4.78 is 5.58. The normalized spacial score (nSPS) is 12.8. The highest BCUT2D eigenvalue weighted by molar-refractivity contribution is 5.81. The second kappa shape index (κ2) is 5.69. The van der Waals surface area contributed by atoms with Crippen LogP contribution in [0, 0.1) is 0 Å². The molecule has 2 aromatic rings. The van der Waals surface area contributed by atoms with Gasteiger partial charge < -0.3 is 9.73 Å². The van der Waals surface area contributed by atoms with E-state index >= 15 is 0 Å². The van der Waals surface area contributed by atoms with Crippen LogP contribution in [-0.2, 0) is 0 Å². The van der Waals surface area contributed by atoms with Crippen LogP contribution >= 0.6 is 0 Å². The lowest BCUT2D eigenvalue weighted by atomic mass is 10.0. The van der Waals surface area contributed by atoms with Gasteiger partial charge >= 0.3 is 0 Å². The molecule has 1 unspecified atom stereocenters. The van der Waals surface area contributed by atoms with Crippen LogP contribution in [0.25, 0.3) is 11.0 Å². The van der Waals surface area contributed by atoms with E-state index in [1.54, 1.807) is 0 Å². The highest BCUT2D eigenvalue weighted by atomic mass is 16.3. The van der Waals surface area contributed by atoms with E-state index in [-0.39, 0.29) is 0 Å². The molecule has 1 heterocycles. The van der Waals surface area contributed by atoms with Gasteiger partial charge in [0.25, 0.3) is 0 Å². The largest absolute Gasteiger partial charge is 0.464 e. The lowest BCUT2D eigenvalue weighted by molar-refractivity contribution is 0.519. The first-order chi connectivity index (χ1) is 8.36. The number of allylic oxidation sites excluding steroid dienone is 1. The summed E-state index contributed by atoms with van der Waals surface area (Å²) in [6, 6.07) is 8.54. The first kappa shape index (κ1) is 11.9. The van der Waals surface area contributed by atoms with E-state index in [2.05, 4.69) is 24.0 Å². The molecule has 1 atom stereocenters. The molecule has 2 rings (SSSR count). The molecule has 2 nitrogen and oxygen atoms in total. The zero-order chi connectivity index (χ0) is 12.1. The van der Waals surface area contributed by atoms with Gasteiger partial charge in [0.2, 0.25) is 0 Å². The third-order valence-electron chi connectivity index (χ3n) is 3.14. The summed E-state index contributed by atoms with van der Waals surface area (Å²) in [5, 5.41) is 4.57. The summed E-state index contributed by atoms with van der Waals surface area (Å²) in [7, 11) is 2.00. The molecule has 0 saturated carbocycles. The molecule has 0 spiro atoms. The van der Waals surface area contributed by atoms with Crippen LogP contribution in [0.4, 0.5) is 0 Å². The number of nitrogens with one attached hydrogen (secondary N) is 1. The Morgan fingerprint density at radius 2 is 2.24 bits per heavy atom. The molecular weight excluding hydrogens is 210 g/mol. The van der Waals surface area contributed by atoms with E-state index in [9.17, 15) is 0 Å². The minimum atomic E-state index is 0.360. The molecule has 0 bridgehead atoms. The van der Waals surface area contributed by atoms with Gasteiger partial charge in [-0.05, 0) is 32.4 Å². The molecule has 0 aliphatic rings. The van der Waals surface area contributed by atoms with Gasteiger partial charge in [-0.15, -0.1) is 6.58 Å². The standard InChI is InChI=1S/C15H19NO/c1-3-4-5-9-14(16-2)13-11-17-15-10-7-6-8-12(13)15/h3,6-8,10-11,14,16H,1,4-5,9H2,2H3. The van der Waals surface area contributed by atoms with Crippen LogP contribution in [0.15, 0.2) is 47.6 Å². The number of para-hydroxylation sites is 1. The van der Waals surface area contributed by atoms with Crippen molar-refractivity contribution in [1.29, 1.82) is 0 Å². The lowest BCUT2D eigenvalue weighted by Gasteiger charge is -2.14. The summed E-state index contributed by atoms with van der Waals surface area (Å²) in [5.41, 5.74) is 2.22. The summed E-state index contributed by atoms with van der Waals surface area (Å²) in [6.45, 7) is 3.76. The van der Waals surface area contributed by atoms with E-state index < -0.39 is 0 Å². The van der Waals surface area contributed by atoms with Crippen LogP contribution in [0.2, 0.25) is 0 Å². The molecule has 17 heavy (non-hydrogen) atoms. The van der Waals surface area contributed by atoms with E-state index in [0.29, 0.717) is 6.04 Å². The summed E-state index contributed by atoms with van der Waals surface area (Å²) in [6.07, 6.45) is 7.16. The number of rotatable bonds is 6. The van der Waals surface area contributed by atoms with Crippen molar-refractivity contribution in [3.8, 4) is 0 Å². The van der Waals surface area contributed by atoms with Crippen molar-refractivity contribution in [2.24, 2.45) is 0 Å². The zero-order valence-electron chi connectivity index (χ0n) is 10.3. The van der Waals surface area contributed by atoms with Gasteiger partial charge in [0.05, 0.1) is 6.26 Å². The van der Waals surface area contributed by atoms with Crippen LogP contribution in [0.5, 0.6) is 0 Å². The van der Waals surface area contributed by atoms with Crippen molar-refractivity contribution >= 4 is 11.0 Å². The Morgan fingerprint density at radius 3 is 3.00 bits per heavy atom. The number of hydrogen-bond acceptors (Lipinski definition) is 2. The van der Waals surface area contributed by atoms with E-state index in [1.165, 1.54) is 10.9 Å². The monoisotopic (exact) mass is 229 g/mol. The third kappa shape index (κ3) is 2.59. The Hall–Kier alpha value is -1.54. The fourth-order valence-corrected chi connectivity index (χ4v) is 2.19.